The number of hydrogen-bond donors (Lipinski definition) is 7. The number of aliphatic carboxylic acids is 1. The van der Waals surface area contributed by atoms with Gasteiger partial charge in [-0.2, -0.15) is 0 Å². The molecule has 10 N–H and O–H groups in total. The molecule has 1 aliphatic rings. The SMILES string of the molecule is CCC(C)C(NC(=O)C(CCCN=C(N)N)NC(=O)C1CCCN1C(=O)C(N)Cc1cnc[nH]1)C(=O)O. The Morgan fingerprint density at radius 3 is 2.62 bits per heavy atom. The molecule has 0 spiro atoms. The summed E-state index contributed by atoms with van der Waals surface area (Å²) in [7, 11) is 0. The smallest absolute Gasteiger partial charge is 0.326 e. The summed E-state index contributed by atoms with van der Waals surface area (Å²) in [5, 5.41) is 14.8. The Labute approximate surface area is 215 Å². The molecule has 2 rings (SSSR count). The van der Waals surface area contributed by atoms with Crippen LogP contribution in [0.15, 0.2) is 17.5 Å². The van der Waals surface area contributed by atoms with Gasteiger partial charge < -0.3 is 42.8 Å². The molecule has 5 unspecified atom stereocenters. The predicted octanol–water partition coefficient (Wildman–Crippen LogP) is -1.58. The van der Waals surface area contributed by atoms with E-state index in [4.69, 9.17) is 17.2 Å². The highest BCUT2D eigenvalue weighted by molar-refractivity contribution is 5.94. The number of nitrogens with one attached hydrogen (secondary N) is 3. The van der Waals surface area contributed by atoms with Gasteiger partial charge in [0, 0.05) is 31.4 Å². The number of aliphatic imine (C=N–C) groups is 1. The van der Waals surface area contributed by atoms with Crippen LogP contribution in [0.3, 0.4) is 0 Å². The Hall–Kier alpha value is -3.68. The van der Waals surface area contributed by atoms with Gasteiger partial charge in [-0.15, -0.1) is 0 Å². The molecule has 0 aliphatic carbocycles. The lowest BCUT2D eigenvalue weighted by atomic mass is 9.98. The Morgan fingerprint density at radius 2 is 2.03 bits per heavy atom. The average molecular weight is 522 g/mol. The van der Waals surface area contributed by atoms with Crippen LogP contribution in [0, 0.1) is 5.92 Å². The zero-order valence-corrected chi connectivity index (χ0v) is 21.4. The van der Waals surface area contributed by atoms with Crippen molar-refractivity contribution in [3.8, 4) is 0 Å². The lowest BCUT2D eigenvalue weighted by Crippen LogP contribution is -2.57. The van der Waals surface area contributed by atoms with Gasteiger partial charge in [0.15, 0.2) is 5.96 Å². The molecule has 14 heteroatoms. The lowest BCUT2D eigenvalue weighted by molar-refractivity contribution is -0.144. The maximum absolute atomic E-state index is 13.2. The van der Waals surface area contributed by atoms with Gasteiger partial charge in [0.05, 0.1) is 12.4 Å². The number of carboxylic acid groups (broad SMARTS) is 1. The number of imidazole rings is 1. The number of likely N-dealkylation sites (tertiary alicyclic amines) is 1. The van der Waals surface area contributed by atoms with Crippen LogP contribution in [0.1, 0.15) is 51.6 Å². The number of guanidine groups is 1. The molecule has 1 aliphatic heterocycles. The molecule has 1 saturated heterocycles. The summed E-state index contributed by atoms with van der Waals surface area (Å²) >= 11 is 0. The van der Waals surface area contributed by atoms with Crippen molar-refractivity contribution in [3.05, 3.63) is 18.2 Å². The Morgan fingerprint density at radius 1 is 1.30 bits per heavy atom. The summed E-state index contributed by atoms with van der Waals surface area (Å²) in [6.45, 7) is 4.14. The minimum absolute atomic E-state index is 0.0978. The summed E-state index contributed by atoms with van der Waals surface area (Å²) in [6, 6.07) is -3.80. The molecule has 0 saturated carbocycles. The zero-order valence-electron chi connectivity index (χ0n) is 21.4. The molecule has 37 heavy (non-hydrogen) atoms. The number of nitrogens with two attached hydrogens (primary N) is 3. The fourth-order valence-electron chi connectivity index (χ4n) is 4.21. The molecule has 1 aromatic heterocycles. The van der Waals surface area contributed by atoms with Crippen molar-refractivity contribution < 1.29 is 24.3 Å². The van der Waals surface area contributed by atoms with Crippen LogP contribution in [0.25, 0.3) is 0 Å². The third kappa shape index (κ3) is 8.74. The van der Waals surface area contributed by atoms with Crippen molar-refractivity contribution in [2.24, 2.45) is 28.1 Å². The van der Waals surface area contributed by atoms with Crippen molar-refractivity contribution in [1.82, 2.24) is 25.5 Å². The van der Waals surface area contributed by atoms with Crippen LogP contribution < -0.4 is 27.8 Å². The van der Waals surface area contributed by atoms with E-state index in [1.54, 1.807) is 13.1 Å². The molecule has 2 heterocycles. The first-order valence-corrected chi connectivity index (χ1v) is 12.5. The topological polar surface area (TPSA) is 235 Å². The van der Waals surface area contributed by atoms with E-state index in [9.17, 15) is 24.3 Å². The summed E-state index contributed by atoms with van der Waals surface area (Å²) in [5.74, 6) is -3.08. The van der Waals surface area contributed by atoms with Gasteiger partial charge in [-0.05, 0) is 31.6 Å². The maximum atomic E-state index is 13.2. The Balaban J connectivity index is 2.11. The van der Waals surface area contributed by atoms with E-state index in [0.29, 0.717) is 37.9 Å². The molecular formula is C23H39N9O5. The first-order chi connectivity index (χ1) is 17.5. The van der Waals surface area contributed by atoms with E-state index in [2.05, 4.69) is 25.6 Å². The van der Waals surface area contributed by atoms with Crippen molar-refractivity contribution in [3.63, 3.8) is 0 Å². The molecule has 5 atom stereocenters. The number of carbonyl (C=O) groups is 4. The van der Waals surface area contributed by atoms with E-state index in [0.717, 1.165) is 0 Å². The Kier molecular flexibility index (Phi) is 11.3. The van der Waals surface area contributed by atoms with Crippen LogP contribution >= 0.6 is 0 Å². The second-order valence-corrected chi connectivity index (χ2v) is 9.30. The standard InChI is InChI=1S/C23H39N9O5/c1-3-13(2)18(22(36)37)31-19(33)16(6-4-8-28-23(25)26)30-20(34)17-7-5-9-32(17)21(35)15(24)10-14-11-27-12-29-14/h11-13,15-18H,3-10,24H2,1-2H3,(H,27,29)(H,30,34)(H,31,33)(H,36,37)(H4,25,26,28). The van der Waals surface area contributed by atoms with E-state index in [-0.39, 0.29) is 37.2 Å². The number of carboxylic acids is 1. The fourth-order valence-corrected chi connectivity index (χ4v) is 4.21. The number of aromatic nitrogens is 2. The number of hydrogen-bond acceptors (Lipinski definition) is 7. The molecule has 1 aromatic rings. The number of carbonyl (C=O) groups excluding carboxylic acids is 3. The van der Waals surface area contributed by atoms with Gasteiger partial charge in [0.1, 0.15) is 18.1 Å². The average Bonchev–Trinajstić information content (AvgIpc) is 3.55. The van der Waals surface area contributed by atoms with Crippen LogP contribution in [-0.2, 0) is 25.6 Å². The molecule has 206 valence electrons. The third-order valence-corrected chi connectivity index (χ3v) is 6.51. The van der Waals surface area contributed by atoms with Crippen LogP contribution in [-0.4, -0.2) is 86.9 Å². The fraction of sp³-hybridized carbons (Fsp3) is 0.652. The molecule has 14 nitrogen and oxygen atoms in total. The van der Waals surface area contributed by atoms with Gasteiger partial charge in [-0.25, -0.2) is 9.78 Å². The van der Waals surface area contributed by atoms with Crippen molar-refractivity contribution in [2.75, 3.05) is 13.1 Å². The number of H-pyrrole nitrogens is 1. The summed E-state index contributed by atoms with van der Waals surface area (Å²) in [4.78, 5) is 63.2. The van der Waals surface area contributed by atoms with Crippen molar-refractivity contribution >= 4 is 29.7 Å². The van der Waals surface area contributed by atoms with E-state index < -0.39 is 42.0 Å². The second kappa shape index (κ2) is 14.2. The third-order valence-electron chi connectivity index (χ3n) is 6.51. The normalized spacial score (nSPS) is 18.4. The molecular weight excluding hydrogens is 482 g/mol. The second-order valence-electron chi connectivity index (χ2n) is 9.30. The first kappa shape index (κ1) is 29.5. The van der Waals surface area contributed by atoms with Gasteiger partial charge in [0.25, 0.3) is 0 Å². The number of amides is 3. The first-order valence-electron chi connectivity index (χ1n) is 12.5. The molecule has 3 amide bonds. The predicted molar refractivity (Wildman–Crippen MR) is 136 cm³/mol. The van der Waals surface area contributed by atoms with Crippen molar-refractivity contribution in [1.29, 1.82) is 0 Å². The molecule has 0 radical (unpaired) electrons. The monoisotopic (exact) mass is 521 g/mol. The van der Waals surface area contributed by atoms with E-state index >= 15 is 0 Å². The summed E-state index contributed by atoms with van der Waals surface area (Å²) in [6.07, 6.45) is 5.41. The van der Waals surface area contributed by atoms with Gasteiger partial charge >= 0.3 is 5.97 Å². The van der Waals surface area contributed by atoms with Crippen LogP contribution in [0.2, 0.25) is 0 Å². The summed E-state index contributed by atoms with van der Waals surface area (Å²) < 4.78 is 0. The lowest BCUT2D eigenvalue weighted by Gasteiger charge is -2.29. The Bertz CT molecular complexity index is 948. The van der Waals surface area contributed by atoms with Crippen molar-refractivity contribution in [2.45, 2.75) is 76.5 Å². The highest BCUT2D eigenvalue weighted by Gasteiger charge is 2.38. The highest BCUT2D eigenvalue weighted by atomic mass is 16.4. The van der Waals surface area contributed by atoms with Crippen LogP contribution in [0.5, 0.6) is 0 Å². The van der Waals surface area contributed by atoms with Crippen LogP contribution in [0.4, 0.5) is 0 Å². The quantitative estimate of drug-likeness (QED) is 0.0848. The zero-order chi connectivity index (χ0) is 27.5. The number of nitrogens with zero attached hydrogens (tertiary/aromatic N) is 3. The summed E-state index contributed by atoms with van der Waals surface area (Å²) in [5.41, 5.74) is 17.5. The largest absolute Gasteiger partial charge is 0.480 e. The van der Waals surface area contributed by atoms with Gasteiger partial charge in [-0.3, -0.25) is 19.4 Å². The molecule has 0 bridgehead atoms. The minimum atomic E-state index is -1.16. The van der Waals surface area contributed by atoms with Gasteiger partial charge in [0.2, 0.25) is 17.7 Å². The highest BCUT2D eigenvalue weighted by Crippen LogP contribution is 2.20. The number of rotatable bonds is 14. The maximum Gasteiger partial charge on any atom is 0.326 e. The number of aromatic amines is 1. The van der Waals surface area contributed by atoms with E-state index in [1.807, 2.05) is 6.92 Å². The minimum Gasteiger partial charge on any atom is -0.480 e. The van der Waals surface area contributed by atoms with Gasteiger partial charge in [-0.1, -0.05) is 20.3 Å². The van der Waals surface area contributed by atoms with E-state index in [1.165, 1.54) is 11.2 Å². The molecule has 1 fully saturated rings. The molecule has 0 aromatic carbocycles.